The predicted octanol–water partition coefficient (Wildman–Crippen LogP) is 0.397. The zero-order valence-corrected chi connectivity index (χ0v) is 27.2. The lowest BCUT2D eigenvalue weighted by molar-refractivity contribution is -0.129. The van der Waals surface area contributed by atoms with Crippen LogP contribution in [0.4, 0.5) is 0 Å². The van der Waals surface area contributed by atoms with E-state index in [4.69, 9.17) is 24.2 Å². The third-order valence-electron chi connectivity index (χ3n) is 7.89. The van der Waals surface area contributed by atoms with Crippen LogP contribution >= 0.6 is 0 Å². The Labute approximate surface area is 289 Å². The summed E-state index contributed by atoms with van der Waals surface area (Å²) >= 11 is 0. The topological polar surface area (TPSA) is 244 Å². The molecular weight excluding hydrogens is 684 g/mol. The number of nitrogens with two attached hydrogens (primary N) is 1. The van der Waals surface area contributed by atoms with Crippen LogP contribution in [0, 0.1) is 0 Å². The fourth-order valence-electron chi connectivity index (χ4n) is 5.36. The van der Waals surface area contributed by atoms with E-state index in [0.29, 0.717) is 15.3 Å². The smallest absolute Gasteiger partial charge is 0.349 e. The summed E-state index contributed by atoms with van der Waals surface area (Å²) in [7, 11) is 2.73. The highest BCUT2D eigenvalue weighted by Gasteiger charge is 2.26. The van der Waals surface area contributed by atoms with E-state index in [0.717, 1.165) is 4.57 Å². The summed E-state index contributed by atoms with van der Waals surface area (Å²) in [6, 6.07) is 17.4. The number of imide groups is 1. The second kappa shape index (κ2) is 13.9. The number of methoxy groups -OCH3 is 2. The van der Waals surface area contributed by atoms with Gasteiger partial charge in [0.1, 0.15) is 24.2 Å². The minimum Gasteiger partial charge on any atom is -0.493 e. The Morgan fingerprint density at radius 1 is 0.731 bits per heavy atom. The van der Waals surface area contributed by atoms with Crippen LogP contribution in [-0.4, -0.2) is 52.0 Å². The van der Waals surface area contributed by atoms with Gasteiger partial charge < -0.3 is 18.3 Å². The number of rotatable bonds is 8. The lowest BCUT2D eigenvalue weighted by atomic mass is 10.1. The number of hydrazine groups is 2. The molecule has 0 saturated carbocycles. The van der Waals surface area contributed by atoms with E-state index >= 15 is 0 Å². The first-order valence-corrected chi connectivity index (χ1v) is 15.1. The first-order valence-electron chi connectivity index (χ1n) is 15.1. The van der Waals surface area contributed by atoms with Gasteiger partial charge in [0.05, 0.1) is 25.1 Å². The lowest BCUT2D eigenvalue weighted by Crippen LogP contribution is -2.50. The van der Waals surface area contributed by atoms with E-state index in [1.54, 1.807) is 24.3 Å². The number of para-hydroxylation sites is 3. The number of fused-ring (bicyclic) bond motifs is 3. The molecule has 0 unspecified atom stereocenters. The molecule has 52 heavy (non-hydrogen) atoms. The van der Waals surface area contributed by atoms with Crippen molar-refractivity contribution in [2.75, 3.05) is 14.2 Å². The first-order chi connectivity index (χ1) is 24.9. The van der Waals surface area contributed by atoms with Crippen molar-refractivity contribution in [2.45, 2.75) is 13.1 Å². The van der Waals surface area contributed by atoms with Gasteiger partial charge in [0.15, 0.2) is 22.7 Å². The third kappa shape index (κ3) is 6.27. The van der Waals surface area contributed by atoms with Gasteiger partial charge in [-0.15, -0.1) is 0 Å². The molecule has 3 heterocycles. The molecule has 6 rings (SSSR count). The standard InChI is InChI=1S/C34H26N6O12/c1-49-23-11-5-7-17-13-20(32(46)51-27(17)23)29(43)37-36-25(41)15-39-30(44)19-9-3-4-10-22(19)38(34(39)48)16-26(42)40(35)31(45)21-14-18-8-6-12-24(50-2)28(18)52-33(21)47/h3-14H,15-16,35H2,1-2H3,(H,36,41)(H,37,43). The van der Waals surface area contributed by atoms with E-state index in [9.17, 15) is 38.4 Å². The summed E-state index contributed by atoms with van der Waals surface area (Å²) in [6.07, 6.45) is 0. The Morgan fingerprint density at radius 2 is 1.31 bits per heavy atom. The molecular formula is C34H26N6O12. The summed E-state index contributed by atoms with van der Waals surface area (Å²) in [5.74, 6) is 1.77. The molecule has 0 fully saturated rings. The lowest BCUT2D eigenvalue weighted by Gasteiger charge is -2.18. The van der Waals surface area contributed by atoms with Crippen molar-refractivity contribution in [1.82, 2.24) is 25.0 Å². The van der Waals surface area contributed by atoms with Crippen molar-refractivity contribution in [1.29, 1.82) is 0 Å². The maximum atomic E-state index is 13.6. The molecule has 264 valence electrons. The van der Waals surface area contributed by atoms with Gasteiger partial charge in [0, 0.05) is 10.8 Å². The van der Waals surface area contributed by atoms with Crippen LogP contribution in [-0.2, 0) is 22.7 Å². The molecule has 6 aromatic rings. The van der Waals surface area contributed by atoms with Gasteiger partial charge >= 0.3 is 16.9 Å². The normalized spacial score (nSPS) is 11.0. The summed E-state index contributed by atoms with van der Waals surface area (Å²) in [6.45, 7) is -1.86. The van der Waals surface area contributed by atoms with E-state index < -0.39 is 70.3 Å². The molecule has 4 N–H and O–H groups in total. The van der Waals surface area contributed by atoms with Crippen molar-refractivity contribution in [3.63, 3.8) is 0 Å². The summed E-state index contributed by atoms with van der Waals surface area (Å²) in [5, 5.41) is 0.687. The zero-order chi connectivity index (χ0) is 37.3. The molecule has 3 aromatic heterocycles. The quantitative estimate of drug-likeness (QED) is 0.0839. The Morgan fingerprint density at radius 3 is 1.92 bits per heavy atom. The molecule has 0 bridgehead atoms. The van der Waals surface area contributed by atoms with Gasteiger partial charge in [-0.25, -0.2) is 25.2 Å². The maximum Gasteiger partial charge on any atom is 0.349 e. The van der Waals surface area contributed by atoms with Crippen LogP contribution in [0.15, 0.2) is 101 Å². The van der Waals surface area contributed by atoms with Crippen LogP contribution in [0.5, 0.6) is 11.5 Å². The highest BCUT2D eigenvalue weighted by Crippen LogP contribution is 2.25. The monoisotopic (exact) mass is 710 g/mol. The second-order valence-corrected chi connectivity index (χ2v) is 11.0. The molecule has 0 atom stereocenters. The predicted molar refractivity (Wildman–Crippen MR) is 182 cm³/mol. The summed E-state index contributed by atoms with van der Waals surface area (Å²) in [5.41, 5.74) is -1.07. The number of ether oxygens (including phenoxy) is 2. The number of carbonyl (C=O) groups is 4. The van der Waals surface area contributed by atoms with Gasteiger partial charge in [0.25, 0.3) is 29.2 Å². The molecule has 0 saturated heterocycles. The zero-order valence-electron chi connectivity index (χ0n) is 27.2. The Kier molecular flexibility index (Phi) is 9.21. The van der Waals surface area contributed by atoms with Gasteiger partial charge in [0.2, 0.25) is 0 Å². The average molecular weight is 711 g/mol. The average Bonchev–Trinajstić information content (AvgIpc) is 3.15. The van der Waals surface area contributed by atoms with Crippen molar-refractivity contribution in [2.24, 2.45) is 5.84 Å². The van der Waals surface area contributed by atoms with Crippen molar-refractivity contribution in [3.8, 4) is 11.5 Å². The van der Waals surface area contributed by atoms with Gasteiger partial charge in [-0.2, -0.15) is 0 Å². The van der Waals surface area contributed by atoms with E-state index in [-0.39, 0.29) is 38.6 Å². The van der Waals surface area contributed by atoms with E-state index in [1.165, 1.54) is 62.8 Å². The van der Waals surface area contributed by atoms with Gasteiger partial charge in [-0.1, -0.05) is 36.4 Å². The number of benzene rings is 3. The van der Waals surface area contributed by atoms with Gasteiger partial charge in [-0.3, -0.25) is 44.0 Å². The van der Waals surface area contributed by atoms with Crippen molar-refractivity contribution in [3.05, 3.63) is 126 Å². The maximum absolute atomic E-state index is 13.6. The molecule has 0 spiro atoms. The first kappa shape index (κ1) is 34.5. The molecule has 4 amide bonds. The minimum atomic E-state index is -1.25. The SMILES string of the molecule is COc1cccc2cc(C(=O)NNC(=O)Cn3c(=O)c4ccccc4n(CC(=O)N(N)C(=O)c4cc5cccc(OC)c5oc4=O)c3=O)c(=O)oc12. The molecule has 0 radical (unpaired) electrons. The largest absolute Gasteiger partial charge is 0.493 e. The number of aromatic nitrogens is 2. The number of nitrogens with one attached hydrogen (secondary N) is 2. The molecule has 18 heteroatoms. The van der Waals surface area contributed by atoms with Gasteiger partial charge in [-0.05, 0) is 36.4 Å². The number of amides is 4. The number of carbonyl (C=O) groups excluding carboxylic acids is 4. The second-order valence-electron chi connectivity index (χ2n) is 11.0. The number of hydrogen-bond acceptors (Lipinski definition) is 13. The third-order valence-corrected chi connectivity index (χ3v) is 7.89. The molecule has 0 aliphatic carbocycles. The van der Waals surface area contributed by atoms with E-state index in [2.05, 4.69) is 0 Å². The Bertz CT molecular complexity index is 2710. The molecule has 0 aliphatic heterocycles. The Balaban J connectivity index is 1.23. The Hall–Kier alpha value is -7.34. The van der Waals surface area contributed by atoms with Crippen molar-refractivity contribution >= 4 is 56.5 Å². The van der Waals surface area contributed by atoms with E-state index in [1.807, 2.05) is 10.9 Å². The summed E-state index contributed by atoms with van der Waals surface area (Å²) < 4.78 is 22.1. The van der Waals surface area contributed by atoms with Crippen LogP contribution in [0.3, 0.4) is 0 Å². The summed E-state index contributed by atoms with van der Waals surface area (Å²) in [4.78, 5) is 104. The molecule has 18 nitrogen and oxygen atoms in total. The molecule has 3 aromatic carbocycles. The number of hydrogen-bond donors (Lipinski definition) is 3. The van der Waals surface area contributed by atoms with Crippen LogP contribution in [0.1, 0.15) is 20.7 Å². The minimum absolute atomic E-state index is 0.0337. The van der Waals surface area contributed by atoms with Crippen LogP contribution in [0.25, 0.3) is 32.8 Å². The highest BCUT2D eigenvalue weighted by atomic mass is 16.5. The number of nitrogens with zero attached hydrogens (tertiary/aromatic N) is 3. The highest BCUT2D eigenvalue weighted by molar-refractivity contribution is 6.05. The van der Waals surface area contributed by atoms with Crippen molar-refractivity contribution < 1.29 is 37.5 Å². The fourth-order valence-corrected chi connectivity index (χ4v) is 5.36. The van der Waals surface area contributed by atoms with Crippen LogP contribution in [0.2, 0.25) is 0 Å². The molecule has 0 aliphatic rings. The fraction of sp³-hybridized carbons (Fsp3) is 0.118. The van der Waals surface area contributed by atoms with Crippen LogP contribution < -0.4 is 48.7 Å².